The fourth-order valence-electron chi connectivity index (χ4n) is 12.7. The predicted octanol–water partition coefficient (Wildman–Crippen LogP) is 20.3. The van der Waals surface area contributed by atoms with Gasteiger partial charge in [-0.2, -0.15) is 0 Å². The average Bonchev–Trinajstić information content (AvgIpc) is 2.86. The maximum atomic E-state index is 5.43. The molecular weight excluding hydrogens is 1010 g/mol. The van der Waals surface area contributed by atoms with Crippen molar-refractivity contribution in [1.82, 2.24) is 24.1 Å². The molecule has 0 aliphatic heterocycles. The molecule has 0 unspecified atom stereocenters. The topological polar surface area (TPSA) is 48.5 Å². The number of hydrogen-bond acceptors (Lipinski definition) is 3. The van der Waals surface area contributed by atoms with Gasteiger partial charge in [0.2, 0.25) is 0 Å². The highest BCUT2D eigenvalue weighted by Gasteiger charge is 2.25. The molecule has 0 saturated heterocycles. The van der Waals surface area contributed by atoms with E-state index in [2.05, 4.69) is 297 Å². The lowest BCUT2D eigenvalue weighted by Crippen LogP contribution is -2.04. The Hall–Kier alpha value is -10.8. The smallest absolute Gasteiger partial charge is 0.164 e. The van der Waals surface area contributed by atoms with Gasteiger partial charge in [-0.1, -0.05) is 230 Å². The SMILES string of the molecule is Cc1cc(C)c(-c2ccc3c(c2)c2cc(-n4c5ccccc5c5ccccc54)ccc2n3-c2c(-c3ccccc3)cc(-c3nc(-c4ccc(-c5ccccc5)cc4)nc(-c4ccc(-c5ccccc5)cc4)n3)cc2-c2ccccc2)c(C)c1. The minimum absolute atomic E-state index is 0.580. The summed E-state index contributed by atoms with van der Waals surface area (Å²) < 4.78 is 4.94. The molecular formula is C78H55N5. The molecule has 0 atom stereocenters. The molecule has 5 heteroatoms. The minimum atomic E-state index is 0.580. The first-order valence-electron chi connectivity index (χ1n) is 28.4. The molecule has 0 aliphatic rings. The Bertz CT molecular complexity index is 4710. The summed E-state index contributed by atoms with van der Waals surface area (Å²) in [7, 11) is 0. The molecule has 0 fully saturated rings. The van der Waals surface area contributed by atoms with E-state index in [0.717, 1.165) is 89.0 Å². The fourth-order valence-corrected chi connectivity index (χ4v) is 12.7. The number of para-hydroxylation sites is 2. The van der Waals surface area contributed by atoms with Crippen LogP contribution in [0.5, 0.6) is 0 Å². The molecule has 12 aromatic carbocycles. The second kappa shape index (κ2) is 20.4. The van der Waals surface area contributed by atoms with E-state index in [1.165, 1.54) is 55.0 Å². The van der Waals surface area contributed by atoms with Crippen LogP contribution < -0.4 is 0 Å². The lowest BCUT2D eigenvalue weighted by atomic mass is 9.92. The number of rotatable bonds is 10. The molecule has 0 N–H and O–H groups in total. The van der Waals surface area contributed by atoms with Crippen molar-refractivity contribution in [3.63, 3.8) is 0 Å². The van der Waals surface area contributed by atoms with Crippen LogP contribution in [-0.4, -0.2) is 24.1 Å². The molecule has 15 rings (SSSR count). The van der Waals surface area contributed by atoms with Crippen LogP contribution >= 0.6 is 0 Å². The Morgan fingerprint density at radius 2 is 0.614 bits per heavy atom. The molecule has 0 saturated carbocycles. The van der Waals surface area contributed by atoms with Gasteiger partial charge in [0.15, 0.2) is 17.5 Å². The van der Waals surface area contributed by atoms with Gasteiger partial charge in [-0.25, -0.2) is 15.0 Å². The molecule has 0 aliphatic carbocycles. The predicted molar refractivity (Wildman–Crippen MR) is 346 cm³/mol. The molecule has 15 aromatic rings. The van der Waals surface area contributed by atoms with Crippen LogP contribution in [0.1, 0.15) is 16.7 Å². The summed E-state index contributed by atoms with van der Waals surface area (Å²) in [5, 5.41) is 4.80. The Kier molecular flexibility index (Phi) is 12.1. The lowest BCUT2D eigenvalue weighted by molar-refractivity contribution is 1.07. The van der Waals surface area contributed by atoms with E-state index in [4.69, 9.17) is 15.0 Å². The zero-order valence-corrected chi connectivity index (χ0v) is 46.3. The van der Waals surface area contributed by atoms with Crippen molar-refractivity contribution in [3.8, 4) is 101 Å². The molecule has 3 aromatic heterocycles. The third-order valence-corrected chi connectivity index (χ3v) is 16.4. The Morgan fingerprint density at radius 3 is 1.10 bits per heavy atom. The molecule has 0 radical (unpaired) electrons. The summed E-state index contributed by atoms with van der Waals surface area (Å²) in [4.78, 5) is 16.1. The molecule has 0 bridgehead atoms. The fraction of sp³-hybridized carbons (Fsp3) is 0.0385. The largest absolute Gasteiger partial charge is 0.309 e. The van der Waals surface area contributed by atoms with E-state index in [1.807, 2.05) is 12.1 Å². The van der Waals surface area contributed by atoms with Crippen LogP contribution in [0.2, 0.25) is 0 Å². The van der Waals surface area contributed by atoms with E-state index in [1.54, 1.807) is 0 Å². The summed E-state index contributed by atoms with van der Waals surface area (Å²) >= 11 is 0. The molecule has 5 nitrogen and oxygen atoms in total. The van der Waals surface area contributed by atoms with Gasteiger partial charge in [0.05, 0.1) is 27.8 Å². The first kappa shape index (κ1) is 49.3. The Morgan fingerprint density at radius 1 is 0.253 bits per heavy atom. The Balaban J connectivity index is 0.996. The first-order valence-corrected chi connectivity index (χ1v) is 28.4. The van der Waals surface area contributed by atoms with Crippen LogP contribution in [0.3, 0.4) is 0 Å². The van der Waals surface area contributed by atoms with Crippen molar-refractivity contribution >= 4 is 43.6 Å². The number of fused-ring (bicyclic) bond motifs is 6. The first-order chi connectivity index (χ1) is 40.9. The number of aromatic nitrogens is 5. The summed E-state index contributed by atoms with van der Waals surface area (Å²) in [5.41, 5.74) is 24.5. The quantitative estimate of drug-likeness (QED) is 0.137. The van der Waals surface area contributed by atoms with E-state index < -0.39 is 0 Å². The third kappa shape index (κ3) is 8.78. The van der Waals surface area contributed by atoms with Crippen molar-refractivity contribution in [2.45, 2.75) is 20.8 Å². The summed E-state index contributed by atoms with van der Waals surface area (Å²) in [6.07, 6.45) is 0. The maximum absolute atomic E-state index is 5.43. The Labute approximate surface area is 482 Å². The van der Waals surface area contributed by atoms with Gasteiger partial charge in [0.25, 0.3) is 0 Å². The van der Waals surface area contributed by atoms with Gasteiger partial charge >= 0.3 is 0 Å². The van der Waals surface area contributed by atoms with Crippen molar-refractivity contribution in [2.75, 3.05) is 0 Å². The highest BCUT2D eigenvalue weighted by atomic mass is 15.0. The number of hydrogen-bond donors (Lipinski definition) is 0. The second-order valence-electron chi connectivity index (χ2n) is 21.8. The van der Waals surface area contributed by atoms with Crippen LogP contribution in [0.4, 0.5) is 0 Å². The maximum Gasteiger partial charge on any atom is 0.164 e. The zero-order chi connectivity index (χ0) is 55.5. The van der Waals surface area contributed by atoms with Crippen LogP contribution in [0, 0.1) is 20.8 Å². The molecule has 3 heterocycles. The second-order valence-corrected chi connectivity index (χ2v) is 21.8. The molecule has 0 spiro atoms. The van der Waals surface area contributed by atoms with Gasteiger partial charge in [-0.15, -0.1) is 0 Å². The van der Waals surface area contributed by atoms with Gasteiger partial charge in [0.1, 0.15) is 0 Å². The van der Waals surface area contributed by atoms with E-state index in [9.17, 15) is 0 Å². The minimum Gasteiger partial charge on any atom is -0.309 e. The lowest BCUT2D eigenvalue weighted by Gasteiger charge is -2.21. The summed E-state index contributed by atoms with van der Waals surface area (Å²) in [5.74, 6) is 1.77. The zero-order valence-electron chi connectivity index (χ0n) is 46.3. The number of aryl methyl sites for hydroxylation is 3. The van der Waals surface area contributed by atoms with Gasteiger partial charge in [0, 0.05) is 55.0 Å². The van der Waals surface area contributed by atoms with Crippen molar-refractivity contribution < 1.29 is 0 Å². The monoisotopic (exact) mass is 1060 g/mol. The van der Waals surface area contributed by atoms with Crippen molar-refractivity contribution in [3.05, 3.63) is 296 Å². The van der Waals surface area contributed by atoms with Crippen LogP contribution in [0.15, 0.2) is 279 Å². The third-order valence-electron chi connectivity index (χ3n) is 16.4. The van der Waals surface area contributed by atoms with Gasteiger partial charge in [-0.05, 0) is 131 Å². The highest BCUT2D eigenvalue weighted by Crippen LogP contribution is 2.46. The normalized spacial score (nSPS) is 11.6. The number of nitrogens with zero attached hydrogens (tertiary/aromatic N) is 5. The standard InChI is InChI=1S/C78H55N5/c1-50-44-51(2)74(52(3)45-50)61-40-42-72-68(46-61)69-49-63(82-70-30-18-16-28-64(70)65-29-17-19-31-71(65)82)41-43-73(69)83(72)75-66(57-24-12-6-13-25-57)47-62(48-67(75)58-26-14-7-15-27-58)78-80-76(59-36-32-55(33-37-59)53-20-8-4-9-21-53)79-77(81-78)60-38-34-56(35-39-60)54-22-10-5-11-23-54/h4-49H,1-3H3. The van der Waals surface area contributed by atoms with E-state index in [-0.39, 0.29) is 0 Å². The molecule has 0 amide bonds. The van der Waals surface area contributed by atoms with Crippen LogP contribution in [-0.2, 0) is 0 Å². The molecule has 392 valence electrons. The van der Waals surface area contributed by atoms with Gasteiger partial charge < -0.3 is 9.13 Å². The number of benzene rings is 12. The van der Waals surface area contributed by atoms with Crippen molar-refractivity contribution in [2.24, 2.45) is 0 Å². The van der Waals surface area contributed by atoms with Crippen molar-refractivity contribution in [1.29, 1.82) is 0 Å². The van der Waals surface area contributed by atoms with Crippen LogP contribution in [0.25, 0.3) is 145 Å². The summed E-state index contributed by atoms with van der Waals surface area (Å²) in [6.45, 7) is 6.67. The van der Waals surface area contributed by atoms with Gasteiger partial charge in [-0.3, -0.25) is 0 Å². The molecule has 83 heavy (non-hydrogen) atoms. The van der Waals surface area contributed by atoms with E-state index >= 15 is 0 Å². The van der Waals surface area contributed by atoms with E-state index in [0.29, 0.717) is 17.5 Å². The average molecular weight is 1060 g/mol. The highest BCUT2D eigenvalue weighted by molar-refractivity contribution is 6.14. The summed E-state index contributed by atoms with van der Waals surface area (Å²) in [6, 6.07) is 101.